The monoisotopic (exact) mass is 431 g/mol. The molecule has 0 saturated carbocycles. The van der Waals surface area contributed by atoms with Crippen LogP contribution < -0.4 is 16.4 Å². The molecule has 0 saturated heterocycles. The molecule has 174 valence electrons. The van der Waals surface area contributed by atoms with E-state index in [1.807, 2.05) is 0 Å². The van der Waals surface area contributed by atoms with Gasteiger partial charge >= 0.3 is 11.9 Å². The first kappa shape index (κ1) is 27.8. The second-order valence-corrected chi connectivity index (χ2v) is 7.18. The molecule has 0 aromatic heterocycles. The fraction of sp³-hybridized carbons (Fsp3) is 0.800. The Labute approximate surface area is 178 Å². The van der Waals surface area contributed by atoms with Crippen LogP contribution in [0.15, 0.2) is 0 Å². The van der Waals surface area contributed by atoms with Gasteiger partial charge in [0.05, 0.1) is 19.8 Å². The highest BCUT2D eigenvalue weighted by molar-refractivity contribution is 5.85. The van der Waals surface area contributed by atoms with Crippen LogP contribution in [0.4, 0.5) is 0 Å². The molecule has 0 fully saturated rings. The van der Waals surface area contributed by atoms with Crippen LogP contribution in [0.3, 0.4) is 0 Å². The highest BCUT2D eigenvalue weighted by Gasteiger charge is 2.21. The Morgan fingerprint density at radius 2 is 1.60 bits per heavy atom. The first-order valence-electron chi connectivity index (χ1n) is 10.5. The number of carbonyl (C=O) groups excluding carboxylic acids is 3. The zero-order valence-corrected chi connectivity index (χ0v) is 18.1. The van der Waals surface area contributed by atoms with Crippen molar-refractivity contribution in [3.05, 3.63) is 0 Å². The van der Waals surface area contributed by atoms with Crippen molar-refractivity contribution in [1.82, 2.24) is 10.6 Å². The van der Waals surface area contributed by atoms with Crippen molar-refractivity contribution in [3.63, 3.8) is 0 Å². The highest BCUT2D eigenvalue weighted by Crippen LogP contribution is 2.11. The summed E-state index contributed by atoms with van der Waals surface area (Å²) < 4.78 is 9.93. The topological polar surface area (TPSA) is 157 Å². The molecule has 0 aromatic carbocycles. The van der Waals surface area contributed by atoms with Crippen LogP contribution in [0.2, 0.25) is 0 Å². The molecule has 0 aromatic rings. The molecule has 0 spiro atoms. The number of amides is 2. The van der Waals surface area contributed by atoms with E-state index in [2.05, 4.69) is 10.6 Å². The minimum Gasteiger partial charge on any atom is -0.481 e. The van der Waals surface area contributed by atoms with Crippen LogP contribution in [-0.2, 0) is 28.7 Å². The quantitative estimate of drug-likeness (QED) is 0.183. The molecular formula is C20H37N3O7. The zero-order chi connectivity index (χ0) is 22.8. The number of carboxylic acids is 1. The lowest BCUT2D eigenvalue weighted by molar-refractivity contribution is -0.146. The molecule has 1 unspecified atom stereocenters. The fourth-order valence-electron chi connectivity index (χ4n) is 2.71. The summed E-state index contributed by atoms with van der Waals surface area (Å²) in [6.45, 7) is 1.74. The van der Waals surface area contributed by atoms with E-state index < -0.39 is 29.9 Å². The molecule has 0 radical (unpaired) electrons. The van der Waals surface area contributed by atoms with E-state index in [4.69, 9.17) is 20.3 Å². The van der Waals surface area contributed by atoms with E-state index in [9.17, 15) is 19.2 Å². The van der Waals surface area contributed by atoms with Gasteiger partial charge in [0.2, 0.25) is 11.8 Å². The first-order valence-corrected chi connectivity index (χ1v) is 10.5. The highest BCUT2D eigenvalue weighted by atomic mass is 16.5. The fourth-order valence-corrected chi connectivity index (χ4v) is 2.71. The molecule has 0 aliphatic rings. The third-order valence-corrected chi connectivity index (χ3v) is 4.40. The maximum atomic E-state index is 12.0. The summed E-state index contributed by atoms with van der Waals surface area (Å²) in [5.41, 5.74) is 5.41. The Bertz CT molecular complexity index is 527. The number of carboxylic acid groups (broad SMARTS) is 1. The number of carbonyl (C=O) groups is 4. The van der Waals surface area contributed by atoms with Crippen LogP contribution >= 0.6 is 0 Å². The molecule has 0 rings (SSSR count). The van der Waals surface area contributed by atoms with Crippen molar-refractivity contribution >= 4 is 23.8 Å². The van der Waals surface area contributed by atoms with E-state index in [1.54, 1.807) is 6.92 Å². The van der Waals surface area contributed by atoms with Crippen LogP contribution in [0.25, 0.3) is 0 Å². The molecular weight excluding hydrogens is 394 g/mol. The normalized spacial score (nSPS) is 12.6. The largest absolute Gasteiger partial charge is 0.481 e. The van der Waals surface area contributed by atoms with E-state index in [-0.39, 0.29) is 32.1 Å². The number of ether oxygens (including phenoxy) is 2. The smallest absolute Gasteiger partial charge is 0.328 e. The van der Waals surface area contributed by atoms with E-state index >= 15 is 0 Å². The van der Waals surface area contributed by atoms with Gasteiger partial charge in [-0.3, -0.25) is 14.4 Å². The lowest BCUT2D eigenvalue weighted by atomic mass is 10.0. The molecule has 2 amide bonds. The van der Waals surface area contributed by atoms with Crippen molar-refractivity contribution in [2.45, 2.75) is 76.8 Å². The number of hydrogen-bond acceptors (Lipinski definition) is 7. The maximum absolute atomic E-state index is 12.0. The SMILES string of the molecule is COC(=O)[C@H](CCCCCCCCCC(=O)O)NC(=O)COCCNC(=O)C(C)N. The summed E-state index contributed by atoms with van der Waals surface area (Å²) in [5, 5.41) is 13.8. The standard InChI is InChI=1S/C20H37N3O7/c1-15(21)19(27)22-12-13-30-14-17(24)23-16(20(28)29-2)10-8-6-4-3-5-7-9-11-18(25)26/h15-16H,3-14,21H2,1-2H3,(H,22,27)(H,23,24)(H,25,26)/t15?,16-/m0/s1. The Hall–Kier alpha value is -2.20. The molecule has 10 heteroatoms. The zero-order valence-electron chi connectivity index (χ0n) is 18.1. The minimum absolute atomic E-state index is 0.154. The van der Waals surface area contributed by atoms with Crippen LogP contribution in [0.5, 0.6) is 0 Å². The Morgan fingerprint density at radius 1 is 1.00 bits per heavy atom. The Balaban J connectivity index is 3.94. The van der Waals surface area contributed by atoms with E-state index in [0.717, 1.165) is 38.5 Å². The van der Waals surface area contributed by atoms with Crippen LogP contribution in [-0.4, -0.2) is 67.8 Å². The second kappa shape index (κ2) is 17.6. The van der Waals surface area contributed by atoms with E-state index in [1.165, 1.54) is 7.11 Å². The summed E-state index contributed by atoms with van der Waals surface area (Å²) in [6, 6.07) is -1.33. The molecule has 0 aliphatic carbocycles. The Morgan fingerprint density at radius 3 is 2.17 bits per heavy atom. The molecule has 0 bridgehead atoms. The second-order valence-electron chi connectivity index (χ2n) is 7.18. The van der Waals surface area contributed by atoms with Crippen molar-refractivity contribution < 1.29 is 33.8 Å². The van der Waals surface area contributed by atoms with Gasteiger partial charge in [-0.05, 0) is 19.8 Å². The summed E-state index contributed by atoms with van der Waals surface area (Å²) in [6.07, 6.45) is 6.97. The third kappa shape index (κ3) is 15.7. The number of aliphatic carboxylic acids is 1. The van der Waals surface area contributed by atoms with Gasteiger partial charge in [0.25, 0.3) is 0 Å². The average molecular weight is 432 g/mol. The lowest BCUT2D eigenvalue weighted by Gasteiger charge is -2.16. The van der Waals surface area contributed by atoms with Gasteiger partial charge in [0.1, 0.15) is 12.6 Å². The predicted octanol–water partition coefficient (Wildman–Crippen LogP) is 0.720. The molecule has 5 N–H and O–H groups in total. The molecule has 0 heterocycles. The number of rotatable bonds is 18. The summed E-state index contributed by atoms with van der Waals surface area (Å²) in [7, 11) is 1.27. The molecule has 0 aliphatic heterocycles. The average Bonchev–Trinajstić information content (AvgIpc) is 2.70. The Kier molecular flexibility index (Phi) is 16.3. The number of nitrogens with two attached hydrogens (primary N) is 1. The van der Waals surface area contributed by atoms with Gasteiger partial charge in [0, 0.05) is 13.0 Å². The van der Waals surface area contributed by atoms with Crippen molar-refractivity contribution in [1.29, 1.82) is 0 Å². The number of nitrogens with one attached hydrogen (secondary N) is 2. The molecule has 2 atom stereocenters. The first-order chi connectivity index (χ1) is 14.3. The summed E-state index contributed by atoms with van der Waals surface area (Å²) >= 11 is 0. The van der Waals surface area contributed by atoms with Gasteiger partial charge < -0.3 is 30.9 Å². The molecule has 10 nitrogen and oxygen atoms in total. The van der Waals surface area contributed by atoms with Crippen molar-refractivity contribution in [3.8, 4) is 0 Å². The van der Waals surface area contributed by atoms with Gasteiger partial charge in [0.15, 0.2) is 0 Å². The number of methoxy groups -OCH3 is 1. The van der Waals surface area contributed by atoms with Gasteiger partial charge in [-0.25, -0.2) is 4.79 Å². The van der Waals surface area contributed by atoms with Crippen LogP contribution in [0.1, 0.15) is 64.7 Å². The van der Waals surface area contributed by atoms with Crippen LogP contribution in [0, 0.1) is 0 Å². The van der Waals surface area contributed by atoms with Gasteiger partial charge in [-0.1, -0.05) is 38.5 Å². The molecule has 30 heavy (non-hydrogen) atoms. The summed E-state index contributed by atoms with van der Waals surface area (Å²) in [4.78, 5) is 45.6. The maximum Gasteiger partial charge on any atom is 0.328 e. The summed E-state index contributed by atoms with van der Waals surface area (Å²) in [5.74, 6) is -1.98. The lowest BCUT2D eigenvalue weighted by Crippen LogP contribution is -2.43. The third-order valence-electron chi connectivity index (χ3n) is 4.40. The number of unbranched alkanes of at least 4 members (excludes halogenated alkanes) is 6. The predicted molar refractivity (Wildman–Crippen MR) is 111 cm³/mol. The minimum atomic E-state index is -0.760. The van der Waals surface area contributed by atoms with Crippen molar-refractivity contribution in [2.75, 3.05) is 26.9 Å². The van der Waals surface area contributed by atoms with Gasteiger partial charge in [-0.15, -0.1) is 0 Å². The van der Waals surface area contributed by atoms with Gasteiger partial charge in [-0.2, -0.15) is 0 Å². The number of esters is 1. The number of hydrogen-bond donors (Lipinski definition) is 4. The van der Waals surface area contributed by atoms with E-state index in [0.29, 0.717) is 12.8 Å². The van der Waals surface area contributed by atoms with Crippen molar-refractivity contribution in [2.24, 2.45) is 5.73 Å².